The van der Waals surface area contributed by atoms with Crippen molar-refractivity contribution in [1.29, 1.82) is 0 Å². The van der Waals surface area contributed by atoms with Gasteiger partial charge in [0.15, 0.2) is 0 Å². The predicted octanol–water partition coefficient (Wildman–Crippen LogP) is 2.67. The molecule has 2 nitrogen and oxygen atoms in total. The van der Waals surface area contributed by atoms with E-state index in [1.165, 1.54) is 12.1 Å². The summed E-state index contributed by atoms with van der Waals surface area (Å²) in [5.41, 5.74) is -0.0713. The molecule has 1 aromatic carbocycles. The number of rotatable bonds is 4. The average Bonchev–Trinajstić information content (AvgIpc) is 2.15. The van der Waals surface area contributed by atoms with Crippen molar-refractivity contribution < 1.29 is 9.50 Å². The standard InChI is InChI=1S/C14H22FNO/c1-13(2,3)9-16-10-14(4,17)11-5-7-12(15)8-6-11/h5-8,16-17H,9-10H2,1-4H3. The summed E-state index contributed by atoms with van der Waals surface area (Å²) in [5.74, 6) is -0.285. The van der Waals surface area contributed by atoms with Crippen LogP contribution in [0.15, 0.2) is 24.3 Å². The van der Waals surface area contributed by atoms with Crippen molar-refractivity contribution >= 4 is 0 Å². The molecule has 1 atom stereocenters. The van der Waals surface area contributed by atoms with Crippen LogP contribution >= 0.6 is 0 Å². The first-order valence-corrected chi connectivity index (χ1v) is 5.90. The minimum absolute atomic E-state index is 0.179. The Morgan fingerprint density at radius 1 is 1.06 bits per heavy atom. The lowest BCUT2D eigenvalue weighted by Crippen LogP contribution is -2.39. The zero-order valence-corrected chi connectivity index (χ0v) is 11.0. The molecule has 0 heterocycles. The fraction of sp³-hybridized carbons (Fsp3) is 0.571. The third-order valence-electron chi connectivity index (χ3n) is 2.59. The van der Waals surface area contributed by atoms with E-state index in [9.17, 15) is 9.50 Å². The van der Waals surface area contributed by atoms with Crippen LogP contribution in [0.2, 0.25) is 0 Å². The first-order valence-electron chi connectivity index (χ1n) is 5.90. The lowest BCUT2D eigenvalue weighted by atomic mass is 9.94. The van der Waals surface area contributed by atoms with Gasteiger partial charge in [0.25, 0.3) is 0 Å². The van der Waals surface area contributed by atoms with Gasteiger partial charge >= 0.3 is 0 Å². The largest absolute Gasteiger partial charge is 0.384 e. The van der Waals surface area contributed by atoms with E-state index < -0.39 is 5.60 Å². The molecule has 0 aliphatic rings. The van der Waals surface area contributed by atoms with Crippen molar-refractivity contribution in [2.75, 3.05) is 13.1 Å². The molecule has 0 spiro atoms. The zero-order valence-electron chi connectivity index (χ0n) is 11.0. The molecule has 0 aromatic heterocycles. The number of hydrogen-bond acceptors (Lipinski definition) is 2. The van der Waals surface area contributed by atoms with Crippen LogP contribution in [0.1, 0.15) is 33.3 Å². The fourth-order valence-electron chi connectivity index (χ4n) is 1.59. The molecule has 2 N–H and O–H groups in total. The van der Waals surface area contributed by atoms with Gasteiger partial charge in [-0.3, -0.25) is 0 Å². The van der Waals surface area contributed by atoms with Crippen molar-refractivity contribution in [3.05, 3.63) is 35.6 Å². The van der Waals surface area contributed by atoms with Crippen LogP contribution in [-0.2, 0) is 5.60 Å². The van der Waals surface area contributed by atoms with Crippen LogP contribution in [0.4, 0.5) is 4.39 Å². The molecule has 0 fully saturated rings. The van der Waals surface area contributed by atoms with E-state index in [-0.39, 0.29) is 11.2 Å². The van der Waals surface area contributed by atoms with E-state index in [1.807, 2.05) is 0 Å². The van der Waals surface area contributed by atoms with Crippen LogP contribution in [0.25, 0.3) is 0 Å². The van der Waals surface area contributed by atoms with Crippen molar-refractivity contribution in [1.82, 2.24) is 5.32 Å². The SMILES string of the molecule is CC(C)(C)CNCC(C)(O)c1ccc(F)cc1. The van der Waals surface area contributed by atoms with Crippen LogP contribution in [-0.4, -0.2) is 18.2 Å². The number of hydrogen-bond donors (Lipinski definition) is 2. The van der Waals surface area contributed by atoms with Gasteiger partial charge in [-0.05, 0) is 30.0 Å². The molecular weight excluding hydrogens is 217 g/mol. The van der Waals surface area contributed by atoms with Gasteiger partial charge in [-0.15, -0.1) is 0 Å². The molecule has 0 aliphatic heterocycles. The van der Waals surface area contributed by atoms with Gasteiger partial charge in [0.1, 0.15) is 5.82 Å². The van der Waals surface area contributed by atoms with Crippen molar-refractivity contribution in [2.45, 2.75) is 33.3 Å². The highest BCUT2D eigenvalue weighted by atomic mass is 19.1. The number of benzene rings is 1. The molecule has 0 saturated heterocycles. The van der Waals surface area contributed by atoms with Crippen molar-refractivity contribution in [3.8, 4) is 0 Å². The average molecular weight is 239 g/mol. The maximum Gasteiger partial charge on any atom is 0.123 e. The van der Waals surface area contributed by atoms with E-state index >= 15 is 0 Å². The highest BCUT2D eigenvalue weighted by molar-refractivity contribution is 5.22. The summed E-state index contributed by atoms with van der Waals surface area (Å²) in [6, 6.07) is 5.98. The molecule has 0 bridgehead atoms. The lowest BCUT2D eigenvalue weighted by molar-refractivity contribution is 0.0548. The molecule has 1 unspecified atom stereocenters. The highest BCUT2D eigenvalue weighted by Crippen LogP contribution is 2.20. The van der Waals surface area contributed by atoms with Gasteiger partial charge in [-0.25, -0.2) is 4.39 Å². The van der Waals surface area contributed by atoms with Gasteiger partial charge in [0.05, 0.1) is 5.60 Å². The van der Waals surface area contributed by atoms with E-state index in [2.05, 4.69) is 26.1 Å². The summed E-state index contributed by atoms with van der Waals surface area (Å²) in [6.45, 7) is 9.40. The minimum atomic E-state index is -0.973. The maximum absolute atomic E-state index is 12.8. The monoisotopic (exact) mass is 239 g/mol. The molecule has 1 aromatic rings. The second-order valence-corrected chi connectivity index (χ2v) is 5.94. The van der Waals surface area contributed by atoms with Gasteiger partial charge in [-0.2, -0.15) is 0 Å². The van der Waals surface area contributed by atoms with Gasteiger partial charge in [-0.1, -0.05) is 32.9 Å². The molecule has 96 valence electrons. The molecule has 3 heteroatoms. The molecule has 0 radical (unpaired) electrons. The fourth-order valence-corrected chi connectivity index (χ4v) is 1.59. The third-order valence-corrected chi connectivity index (χ3v) is 2.59. The second kappa shape index (κ2) is 5.15. The maximum atomic E-state index is 12.8. The summed E-state index contributed by atoms with van der Waals surface area (Å²) in [4.78, 5) is 0. The Kier molecular flexibility index (Phi) is 4.28. The van der Waals surface area contributed by atoms with Gasteiger partial charge in [0, 0.05) is 13.1 Å². The normalized spacial score (nSPS) is 15.6. The van der Waals surface area contributed by atoms with Gasteiger partial charge in [0.2, 0.25) is 0 Å². The Morgan fingerprint density at radius 2 is 1.59 bits per heavy atom. The summed E-state index contributed by atoms with van der Waals surface area (Å²) in [5, 5.41) is 13.5. The van der Waals surface area contributed by atoms with E-state index in [0.29, 0.717) is 6.54 Å². The van der Waals surface area contributed by atoms with Crippen molar-refractivity contribution in [2.24, 2.45) is 5.41 Å². The third kappa shape index (κ3) is 4.84. The minimum Gasteiger partial charge on any atom is -0.384 e. The Balaban J connectivity index is 2.59. The Labute approximate surface area is 103 Å². The number of halogens is 1. The molecular formula is C14H22FNO. The molecule has 17 heavy (non-hydrogen) atoms. The summed E-state index contributed by atoms with van der Waals surface area (Å²) in [7, 11) is 0. The van der Waals surface area contributed by atoms with Gasteiger partial charge < -0.3 is 10.4 Å². The van der Waals surface area contributed by atoms with Crippen LogP contribution in [0.5, 0.6) is 0 Å². The predicted molar refractivity (Wildman–Crippen MR) is 68.3 cm³/mol. The van der Waals surface area contributed by atoms with Crippen LogP contribution in [0.3, 0.4) is 0 Å². The Bertz CT molecular complexity index is 351. The highest BCUT2D eigenvalue weighted by Gasteiger charge is 2.23. The smallest absolute Gasteiger partial charge is 0.123 e. The number of nitrogens with one attached hydrogen (secondary N) is 1. The molecule has 0 aliphatic carbocycles. The van der Waals surface area contributed by atoms with E-state index in [1.54, 1.807) is 19.1 Å². The quantitative estimate of drug-likeness (QED) is 0.846. The van der Waals surface area contributed by atoms with Crippen LogP contribution < -0.4 is 5.32 Å². The Morgan fingerprint density at radius 3 is 2.06 bits per heavy atom. The first kappa shape index (κ1) is 14.1. The summed E-state index contributed by atoms with van der Waals surface area (Å²) in [6.07, 6.45) is 0. The molecule has 0 saturated carbocycles. The summed E-state index contributed by atoms with van der Waals surface area (Å²) < 4.78 is 12.8. The first-order chi connectivity index (χ1) is 7.71. The van der Waals surface area contributed by atoms with Crippen molar-refractivity contribution in [3.63, 3.8) is 0 Å². The summed E-state index contributed by atoms with van der Waals surface area (Å²) >= 11 is 0. The Hall–Kier alpha value is -0.930. The molecule has 1 rings (SSSR count). The second-order valence-electron chi connectivity index (χ2n) is 5.94. The molecule has 0 amide bonds. The zero-order chi connectivity index (χ0) is 13.1. The topological polar surface area (TPSA) is 32.3 Å². The van der Waals surface area contributed by atoms with Crippen LogP contribution in [0, 0.1) is 11.2 Å². The van der Waals surface area contributed by atoms with E-state index in [4.69, 9.17) is 0 Å². The number of aliphatic hydroxyl groups is 1. The lowest BCUT2D eigenvalue weighted by Gasteiger charge is -2.27. The van der Waals surface area contributed by atoms with E-state index in [0.717, 1.165) is 12.1 Å².